The van der Waals surface area contributed by atoms with Gasteiger partial charge in [-0.05, 0) is 22.0 Å². The van der Waals surface area contributed by atoms with Crippen molar-refractivity contribution in [3.8, 4) is 0 Å². The van der Waals surface area contributed by atoms with Crippen LogP contribution in [-0.4, -0.2) is 10.7 Å². The molecule has 0 saturated heterocycles. The molecule has 74 valence electrons. The largest absolute Gasteiger partial charge is 0.294 e. The SMILES string of the molecule is CCC(=O)c1c(Br)cccc1[N+](=O)[O-]. The summed E-state index contributed by atoms with van der Waals surface area (Å²) in [5.74, 6) is -0.232. The van der Waals surface area contributed by atoms with Crippen LogP contribution >= 0.6 is 15.9 Å². The van der Waals surface area contributed by atoms with Crippen molar-refractivity contribution in [2.75, 3.05) is 0 Å². The number of nitro benzene ring substituents is 1. The van der Waals surface area contributed by atoms with E-state index in [9.17, 15) is 14.9 Å². The molecule has 0 saturated carbocycles. The lowest BCUT2D eigenvalue weighted by Crippen LogP contribution is -2.03. The fourth-order valence-electron chi connectivity index (χ4n) is 1.12. The zero-order chi connectivity index (χ0) is 10.7. The summed E-state index contributed by atoms with van der Waals surface area (Å²) in [7, 11) is 0. The van der Waals surface area contributed by atoms with Crippen LogP contribution in [0.15, 0.2) is 22.7 Å². The second-order valence-electron chi connectivity index (χ2n) is 2.67. The van der Waals surface area contributed by atoms with Gasteiger partial charge in [-0.25, -0.2) is 0 Å². The number of carbonyl (C=O) groups is 1. The van der Waals surface area contributed by atoms with Gasteiger partial charge < -0.3 is 0 Å². The van der Waals surface area contributed by atoms with Crippen molar-refractivity contribution in [1.82, 2.24) is 0 Å². The fourth-order valence-corrected chi connectivity index (χ4v) is 1.69. The summed E-state index contributed by atoms with van der Waals surface area (Å²) in [5.41, 5.74) is 0.00576. The van der Waals surface area contributed by atoms with Crippen LogP contribution in [0.3, 0.4) is 0 Å². The predicted octanol–water partition coefficient (Wildman–Crippen LogP) is 2.95. The standard InChI is InChI=1S/C9H8BrNO3/c1-2-8(12)9-6(10)4-3-5-7(9)11(13)14/h3-5H,2H2,1H3. The zero-order valence-electron chi connectivity index (χ0n) is 7.49. The molecule has 0 amide bonds. The van der Waals surface area contributed by atoms with E-state index < -0.39 is 4.92 Å². The molecule has 5 heteroatoms. The number of Topliss-reactive ketones (excluding diaryl/α,β-unsaturated/α-hetero) is 1. The predicted molar refractivity (Wildman–Crippen MR) is 55.4 cm³/mol. The summed E-state index contributed by atoms with van der Waals surface area (Å²) < 4.78 is 0.471. The van der Waals surface area contributed by atoms with Gasteiger partial charge in [0, 0.05) is 17.0 Å². The number of hydrogen-bond acceptors (Lipinski definition) is 3. The Morgan fingerprint density at radius 1 is 1.57 bits per heavy atom. The first-order valence-corrected chi connectivity index (χ1v) is 4.83. The van der Waals surface area contributed by atoms with E-state index in [1.165, 1.54) is 12.1 Å². The third kappa shape index (κ3) is 1.98. The minimum absolute atomic E-state index is 0.147. The molecule has 0 radical (unpaired) electrons. The second-order valence-corrected chi connectivity index (χ2v) is 3.52. The summed E-state index contributed by atoms with van der Waals surface area (Å²) in [6.45, 7) is 1.67. The quantitative estimate of drug-likeness (QED) is 0.475. The molecular formula is C9H8BrNO3. The van der Waals surface area contributed by atoms with Crippen molar-refractivity contribution in [2.24, 2.45) is 0 Å². The van der Waals surface area contributed by atoms with E-state index in [0.717, 1.165) is 0 Å². The lowest BCUT2D eigenvalue weighted by Gasteiger charge is -2.02. The van der Waals surface area contributed by atoms with Gasteiger partial charge in [0.1, 0.15) is 5.56 Å². The first-order chi connectivity index (χ1) is 6.57. The second kappa shape index (κ2) is 4.32. The Labute approximate surface area is 89.2 Å². The number of benzene rings is 1. The van der Waals surface area contributed by atoms with Crippen LogP contribution in [0.4, 0.5) is 5.69 Å². The normalized spacial score (nSPS) is 9.86. The molecule has 0 unspecified atom stereocenters. The van der Waals surface area contributed by atoms with Gasteiger partial charge in [-0.1, -0.05) is 13.0 Å². The highest BCUT2D eigenvalue weighted by Crippen LogP contribution is 2.27. The molecule has 0 aliphatic carbocycles. The third-order valence-corrected chi connectivity index (χ3v) is 2.45. The van der Waals surface area contributed by atoms with E-state index in [1.807, 2.05) is 0 Å². The molecule has 4 nitrogen and oxygen atoms in total. The average Bonchev–Trinajstić information content (AvgIpc) is 2.16. The maximum Gasteiger partial charge on any atom is 0.281 e. The molecule has 1 rings (SSSR count). The van der Waals surface area contributed by atoms with E-state index >= 15 is 0 Å². The summed E-state index contributed by atoms with van der Waals surface area (Å²) >= 11 is 3.13. The van der Waals surface area contributed by atoms with Gasteiger partial charge in [0.15, 0.2) is 5.78 Å². The Kier molecular flexibility index (Phi) is 3.35. The van der Waals surface area contributed by atoms with Crippen molar-refractivity contribution in [1.29, 1.82) is 0 Å². The van der Waals surface area contributed by atoms with E-state index in [2.05, 4.69) is 15.9 Å². The molecule has 1 aromatic carbocycles. The van der Waals surface area contributed by atoms with E-state index in [0.29, 0.717) is 4.47 Å². The first kappa shape index (κ1) is 10.8. The minimum Gasteiger partial charge on any atom is -0.294 e. The summed E-state index contributed by atoms with van der Waals surface area (Å²) in [6.07, 6.45) is 0.253. The summed E-state index contributed by atoms with van der Waals surface area (Å²) in [6, 6.07) is 4.48. The van der Waals surface area contributed by atoms with Crippen LogP contribution in [0, 0.1) is 10.1 Å². The van der Waals surface area contributed by atoms with Crippen molar-refractivity contribution >= 4 is 27.4 Å². The Morgan fingerprint density at radius 2 is 2.21 bits per heavy atom. The van der Waals surface area contributed by atoms with Crippen molar-refractivity contribution < 1.29 is 9.72 Å². The number of halogens is 1. The van der Waals surface area contributed by atoms with E-state index in [-0.39, 0.29) is 23.5 Å². The van der Waals surface area contributed by atoms with Crippen LogP contribution in [0.2, 0.25) is 0 Å². The van der Waals surface area contributed by atoms with Crippen molar-refractivity contribution in [3.63, 3.8) is 0 Å². The van der Waals surface area contributed by atoms with Crippen molar-refractivity contribution in [3.05, 3.63) is 38.3 Å². The lowest BCUT2D eigenvalue weighted by molar-refractivity contribution is -0.385. The average molecular weight is 258 g/mol. The van der Waals surface area contributed by atoms with Crippen LogP contribution in [-0.2, 0) is 0 Å². The molecule has 0 N–H and O–H groups in total. The molecule has 0 heterocycles. The summed E-state index contributed by atoms with van der Waals surface area (Å²) in [5, 5.41) is 10.6. The maximum absolute atomic E-state index is 11.4. The van der Waals surface area contributed by atoms with Gasteiger partial charge >= 0.3 is 0 Å². The lowest BCUT2D eigenvalue weighted by atomic mass is 10.1. The molecule has 0 fully saturated rings. The monoisotopic (exact) mass is 257 g/mol. The van der Waals surface area contributed by atoms with Gasteiger partial charge in [-0.3, -0.25) is 14.9 Å². The van der Waals surface area contributed by atoms with Crippen LogP contribution in [0.5, 0.6) is 0 Å². The van der Waals surface area contributed by atoms with E-state index in [1.54, 1.807) is 13.0 Å². The number of nitrogens with zero attached hydrogens (tertiary/aromatic N) is 1. The minimum atomic E-state index is -0.548. The third-order valence-electron chi connectivity index (χ3n) is 1.79. The molecule has 1 aromatic rings. The van der Waals surface area contributed by atoms with Gasteiger partial charge in [0.05, 0.1) is 4.92 Å². The highest BCUT2D eigenvalue weighted by atomic mass is 79.9. The number of nitro groups is 1. The Morgan fingerprint density at radius 3 is 2.71 bits per heavy atom. The highest BCUT2D eigenvalue weighted by molar-refractivity contribution is 9.10. The molecule has 0 bridgehead atoms. The number of hydrogen-bond donors (Lipinski definition) is 0. The van der Waals surface area contributed by atoms with Crippen molar-refractivity contribution in [2.45, 2.75) is 13.3 Å². The smallest absolute Gasteiger partial charge is 0.281 e. The van der Waals surface area contributed by atoms with Crippen LogP contribution in [0.25, 0.3) is 0 Å². The van der Waals surface area contributed by atoms with Gasteiger partial charge in [-0.15, -0.1) is 0 Å². The molecule has 0 aliphatic heterocycles. The molecule has 0 spiro atoms. The molecule has 0 aliphatic rings. The number of carbonyl (C=O) groups excluding carboxylic acids is 1. The van der Waals surface area contributed by atoms with Gasteiger partial charge in [-0.2, -0.15) is 0 Å². The molecule has 0 atom stereocenters. The first-order valence-electron chi connectivity index (χ1n) is 4.04. The van der Waals surface area contributed by atoms with Crippen LogP contribution < -0.4 is 0 Å². The van der Waals surface area contributed by atoms with Gasteiger partial charge in [0.2, 0.25) is 0 Å². The fraction of sp³-hybridized carbons (Fsp3) is 0.222. The molecular weight excluding hydrogens is 250 g/mol. The van der Waals surface area contributed by atoms with Gasteiger partial charge in [0.25, 0.3) is 5.69 Å². The summed E-state index contributed by atoms with van der Waals surface area (Å²) in [4.78, 5) is 21.5. The molecule has 14 heavy (non-hydrogen) atoms. The number of ketones is 1. The topological polar surface area (TPSA) is 60.2 Å². The van der Waals surface area contributed by atoms with Crippen LogP contribution in [0.1, 0.15) is 23.7 Å². The zero-order valence-corrected chi connectivity index (χ0v) is 9.08. The van der Waals surface area contributed by atoms with E-state index in [4.69, 9.17) is 0 Å². The molecule has 0 aromatic heterocycles. The highest BCUT2D eigenvalue weighted by Gasteiger charge is 2.21. The Balaban J connectivity index is 3.36. The Bertz CT molecular complexity index is 390. The maximum atomic E-state index is 11.4. The number of rotatable bonds is 3. The Hall–Kier alpha value is -1.23.